The number of rotatable bonds is 5. The van der Waals surface area contributed by atoms with Crippen LogP contribution in [0.4, 0.5) is 16.3 Å². The van der Waals surface area contributed by atoms with Gasteiger partial charge in [-0.2, -0.15) is 0 Å². The summed E-state index contributed by atoms with van der Waals surface area (Å²) in [4.78, 5) is 15.5. The van der Waals surface area contributed by atoms with Gasteiger partial charge in [-0.25, -0.2) is 9.78 Å². The summed E-state index contributed by atoms with van der Waals surface area (Å²) in [5.74, 6) is 0.582. The molecule has 1 aromatic rings. The monoisotopic (exact) mass is 300 g/mol. The van der Waals surface area contributed by atoms with Gasteiger partial charge < -0.3 is 21.1 Å². The van der Waals surface area contributed by atoms with Gasteiger partial charge in [-0.15, -0.1) is 0 Å². The average Bonchev–Trinajstić information content (AvgIpc) is 2.28. The normalized spacial score (nSPS) is 11.0. The molecular weight excluding hydrogens is 280 g/mol. The molecule has 0 atom stereocenters. The number of nitrogen functional groups attached to an aromatic ring is 1. The number of nitrogens with zero attached hydrogens (tertiary/aromatic N) is 1. The maximum Gasteiger partial charge on any atom is 0.407 e. The second-order valence-corrected chi connectivity index (χ2v) is 5.72. The fraction of sp³-hybridized carbons (Fsp3) is 0.538. The van der Waals surface area contributed by atoms with E-state index in [2.05, 4.69) is 15.6 Å². The Bertz CT molecular complexity index is 460. The molecule has 0 saturated heterocycles. The molecule has 0 radical (unpaired) electrons. The Morgan fingerprint density at radius 3 is 2.75 bits per heavy atom. The Morgan fingerprint density at radius 1 is 1.45 bits per heavy atom. The van der Waals surface area contributed by atoms with Crippen LogP contribution in [0.15, 0.2) is 12.3 Å². The van der Waals surface area contributed by atoms with Crippen LogP contribution in [0.2, 0.25) is 5.02 Å². The van der Waals surface area contributed by atoms with Gasteiger partial charge in [0.05, 0.1) is 16.9 Å². The molecule has 0 spiro atoms. The number of aromatic nitrogens is 1. The molecule has 7 heteroatoms. The van der Waals surface area contributed by atoms with Gasteiger partial charge in [-0.05, 0) is 33.3 Å². The van der Waals surface area contributed by atoms with E-state index in [1.54, 1.807) is 6.07 Å². The van der Waals surface area contributed by atoms with E-state index in [4.69, 9.17) is 22.1 Å². The van der Waals surface area contributed by atoms with Gasteiger partial charge in [0, 0.05) is 13.1 Å². The van der Waals surface area contributed by atoms with Crippen molar-refractivity contribution in [1.82, 2.24) is 10.3 Å². The van der Waals surface area contributed by atoms with E-state index < -0.39 is 11.7 Å². The van der Waals surface area contributed by atoms with E-state index in [-0.39, 0.29) is 0 Å². The molecule has 112 valence electrons. The first-order chi connectivity index (χ1) is 9.28. The fourth-order valence-corrected chi connectivity index (χ4v) is 1.62. The first-order valence-electron chi connectivity index (χ1n) is 6.39. The van der Waals surface area contributed by atoms with Crippen LogP contribution in [-0.2, 0) is 4.74 Å². The number of pyridine rings is 1. The first kappa shape index (κ1) is 16.4. The molecule has 20 heavy (non-hydrogen) atoms. The second-order valence-electron chi connectivity index (χ2n) is 5.31. The van der Waals surface area contributed by atoms with Crippen molar-refractivity contribution in [3.05, 3.63) is 17.3 Å². The van der Waals surface area contributed by atoms with E-state index in [0.29, 0.717) is 29.6 Å². The molecule has 1 amide bonds. The Labute approximate surface area is 124 Å². The topological polar surface area (TPSA) is 89.3 Å². The van der Waals surface area contributed by atoms with E-state index in [9.17, 15) is 4.79 Å². The second kappa shape index (κ2) is 7.19. The molecule has 0 aliphatic rings. The molecule has 1 heterocycles. The van der Waals surface area contributed by atoms with Crippen molar-refractivity contribution in [2.45, 2.75) is 32.8 Å². The van der Waals surface area contributed by atoms with Gasteiger partial charge in [-0.3, -0.25) is 0 Å². The standard InChI is InChI=1S/C13H21ClN4O2/c1-13(2,3)20-12(19)17-6-4-5-16-11-10(14)7-9(15)8-18-11/h7-8H,4-6,15H2,1-3H3,(H,16,18)(H,17,19). The molecule has 0 fully saturated rings. The summed E-state index contributed by atoms with van der Waals surface area (Å²) >= 11 is 5.97. The lowest BCUT2D eigenvalue weighted by molar-refractivity contribution is 0.0528. The third kappa shape index (κ3) is 6.47. The van der Waals surface area contributed by atoms with E-state index in [0.717, 1.165) is 6.42 Å². The number of amides is 1. The molecule has 0 bridgehead atoms. The van der Waals surface area contributed by atoms with Crippen molar-refractivity contribution < 1.29 is 9.53 Å². The third-order valence-corrected chi connectivity index (χ3v) is 2.46. The zero-order valence-corrected chi connectivity index (χ0v) is 12.8. The molecule has 0 aliphatic carbocycles. The van der Waals surface area contributed by atoms with Gasteiger partial charge in [0.15, 0.2) is 0 Å². The van der Waals surface area contributed by atoms with Crippen LogP contribution >= 0.6 is 11.6 Å². The molecule has 1 rings (SSSR count). The largest absolute Gasteiger partial charge is 0.444 e. The van der Waals surface area contributed by atoms with Crippen molar-refractivity contribution in [1.29, 1.82) is 0 Å². The molecule has 0 saturated carbocycles. The van der Waals surface area contributed by atoms with Crippen LogP contribution in [0, 0.1) is 0 Å². The number of hydrogen-bond donors (Lipinski definition) is 3. The highest BCUT2D eigenvalue weighted by Crippen LogP contribution is 2.20. The summed E-state index contributed by atoms with van der Waals surface area (Å²) in [6.45, 7) is 6.61. The fourth-order valence-electron chi connectivity index (χ4n) is 1.38. The van der Waals surface area contributed by atoms with Gasteiger partial charge in [0.25, 0.3) is 0 Å². The Hall–Kier alpha value is -1.69. The Morgan fingerprint density at radius 2 is 2.15 bits per heavy atom. The molecule has 1 aromatic heterocycles. The van der Waals surface area contributed by atoms with E-state index in [1.807, 2.05) is 20.8 Å². The van der Waals surface area contributed by atoms with Crippen LogP contribution in [0.3, 0.4) is 0 Å². The molecule has 4 N–H and O–H groups in total. The van der Waals surface area contributed by atoms with E-state index in [1.165, 1.54) is 6.20 Å². The summed E-state index contributed by atoms with van der Waals surface area (Å²) in [7, 11) is 0. The predicted octanol–water partition coefficient (Wildman–Crippen LogP) is 2.64. The molecule has 0 aliphatic heterocycles. The number of ether oxygens (including phenoxy) is 1. The van der Waals surface area contributed by atoms with Crippen LogP contribution in [-0.4, -0.2) is 29.8 Å². The minimum absolute atomic E-state index is 0.416. The van der Waals surface area contributed by atoms with Crippen LogP contribution in [0.5, 0.6) is 0 Å². The smallest absolute Gasteiger partial charge is 0.407 e. The minimum atomic E-state index is -0.482. The number of alkyl carbamates (subject to hydrolysis) is 1. The third-order valence-electron chi connectivity index (χ3n) is 2.18. The van der Waals surface area contributed by atoms with Crippen molar-refractivity contribution in [3.8, 4) is 0 Å². The first-order valence-corrected chi connectivity index (χ1v) is 6.77. The van der Waals surface area contributed by atoms with Crippen LogP contribution < -0.4 is 16.4 Å². The van der Waals surface area contributed by atoms with Gasteiger partial charge in [-0.1, -0.05) is 11.6 Å². The lowest BCUT2D eigenvalue weighted by Gasteiger charge is -2.19. The van der Waals surface area contributed by atoms with Gasteiger partial charge in [0.1, 0.15) is 11.4 Å². The maximum absolute atomic E-state index is 11.4. The summed E-state index contributed by atoms with van der Waals surface area (Å²) < 4.78 is 5.12. The Kier molecular flexibility index (Phi) is 5.88. The summed E-state index contributed by atoms with van der Waals surface area (Å²) in [5.41, 5.74) is 5.59. The average molecular weight is 301 g/mol. The lowest BCUT2D eigenvalue weighted by Crippen LogP contribution is -2.33. The minimum Gasteiger partial charge on any atom is -0.444 e. The van der Waals surface area contributed by atoms with E-state index >= 15 is 0 Å². The highest BCUT2D eigenvalue weighted by atomic mass is 35.5. The number of hydrogen-bond acceptors (Lipinski definition) is 5. The number of nitrogens with one attached hydrogen (secondary N) is 2. The number of nitrogens with two attached hydrogens (primary N) is 1. The SMILES string of the molecule is CC(C)(C)OC(=O)NCCCNc1ncc(N)cc1Cl. The number of carbonyl (C=O) groups is 1. The van der Waals surface area contributed by atoms with Crippen molar-refractivity contribution in [2.75, 3.05) is 24.1 Å². The maximum atomic E-state index is 11.4. The molecule has 6 nitrogen and oxygen atoms in total. The molecule has 0 aromatic carbocycles. The predicted molar refractivity (Wildman–Crippen MR) is 81.0 cm³/mol. The van der Waals surface area contributed by atoms with Crippen LogP contribution in [0.1, 0.15) is 27.2 Å². The summed E-state index contributed by atoms with van der Waals surface area (Å²) in [6, 6.07) is 1.63. The molecular formula is C13H21ClN4O2. The highest BCUT2D eigenvalue weighted by Gasteiger charge is 2.15. The van der Waals surface area contributed by atoms with Crippen LogP contribution in [0.25, 0.3) is 0 Å². The van der Waals surface area contributed by atoms with Gasteiger partial charge >= 0.3 is 6.09 Å². The number of halogens is 1. The summed E-state index contributed by atoms with van der Waals surface area (Å²) in [6.07, 6.45) is 1.84. The van der Waals surface area contributed by atoms with Crippen molar-refractivity contribution in [3.63, 3.8) is 0 Å². The number of carbonyl (C=O) groups excluding carboxylic acids is 1. The number of anilines is 2. The zero-order valence-electron chi connectivity index (χ0n) is 12.0. The highest BCUT2D eigenvalue weighted by molar-refractivity contribution is 6.33. The van der Waals surface area contributed by atoms with Crippen molar-refractivity contribution >= 4 is 29.2 Å². The quantitative estimate of drug-likeness (QED) is 0.727. The molecule has 0 unspecified atom stereocenters. The van der Waals surface area contributed by atoms with Crippen molar-refractivity contribution in [2.24, 2.45) is 0 Å². The summed E-state index contributed by atoms with van der Waals surface area (Å²) in [5, 5.41) is 6.22. The Balaban J connectivity index is 2.21. The lowest BCUT2D eigenvalue weighted by atomic mass is 10.2. The van der Waals surface area contributed by atoms with Gasteiger partial charge in [0.2, 0.25) is 0 Å². The zero-order chi connectivity index (χ0) is 15.2.